The van der Waals surface area contributed by atoms with Gasteiger partial charge in [0.05, 0.1) is 0 Å². The van der Waals surface area contributed by atoms with Crippen LogP contribution in [0, 0.1) is 0 Å². The van der Waals surface area contributed by atoms with Crippen LogP contribution >= 0.6 is 11.6 Å². The molecule has 1 aromatic rings. The molecule has 1 heterocycles. The van der Waals surface area contributed by atoms with Gasteiger partial charge in [-0.25, -0.2) is 0 Å². The minimum Gasteiger partial charge on any atom is -0.378 e. The first-order valence-electron chi connectivity index (χ1n) is 7.76. The van der Waals surface area contributed by atoms with Gasteiger partial charge in [0.2, 0.25) is 0 Å². The van der Waals surface area contributed by atoms with Crippen molar-refractivity contribution >= 4 is 17.3 Å². The van der Waals surface area contributed by atoms with E-state index in [-0.39, 0.29) is 12.5 Å². The third-order valence-corrected chi connectivity index (χ3v) is 4.48. The van der Waals surface area contributed by atoms with Gasteiger partial charge in [0.25, 0.3) is 0 Å². The van der Waals surface area contributed by atoms with E-state index in [0.717, 1.165) is 37.4 Å². The summed E-state index contributed by atoms with van der Waals surface area (Å²) in [4.78, 5) is 4.02. The SMILES string of the molecule is CN(C)c1ccc([C@H](CCC(F)(F)F)N2CCNCC2)c(Cl)c1. The summed E-state index contributed by atoms with van der Waals surface area (Å²) in [6, 6.07) is 5.28. The lowest BCUT2D eigenvalue weighted by atomic mass is 9.98. The molecule has 2 rings (SSSR count). The fourth-order valence-corrected chi connectivity index (χ4v) is 3.19. The fraction of sp³-hybridized carbons (Fsp3) is 0.625. The van der Waals surface area contributed by atoms with Crippen LogP contribution in [0.3, 0.4) is 0 Å². The van der Waals surface area contributed by atoms with Crippen LogP contribution in [0.5, 0.6) is 0 Å². The third-order valence-electron chi connectivity index (χ3n) is 4.15. The van der Waals surface area contributed by atoms with E-state index in [0.29, 0.717) is 5.02 Å². The molecule has 0 spiro atoms. The van der Waals surface area contributed by atoms with Crippen molar-refractivity contribution in [3.8, 4) is 0 Å². The second-order valence-corrected chi connectivity index (χ2v) is 6.46. The summed E-state index contributed by atoms with van der Waals surface area (Å²) >= 11 is 6.39. The summed E-state index contributed by atoms with van der Waals surface area (Å²) in [6.45, 7) is 3.04. The van der Waals surface area contributed by atoms with Gasteiger partial charge >= 0.3 is 6.18 Å². The Bertz CT molecular complexity index is 514. The molecule has 1 aromatic carbocycles. The molecule has 0 aromatic heterocycles. The summed E-state index contributed by atoms with van der Waals surface area (Å²) in [7, 11) is 3.81. The molecule has 23 heavy (non-hydrogen) atoms. The van der Waals surface area contributed by atoms with Crippen LogP contribution in [-0.2, 0) is 0 Å². The molecular weight excluding hydrogens is 327 g/mol. The standard InChI is InChI=1S/C16H23ClF3N3/c1-22(2)12-3-4-13(14(17)11-12)15(5-6-16(18,19)20)23-9-7-21-8-10-23/h3-4,11,15,21H,5-10H2,1-2H3/t15-/m0/s1. The second-order valence-electron chi connectivity index (χ2n) is 6.06. The van der Waals surface area contributed by atoms with Gasteiger partial charge in [-0.2, -0.15) is 13.2 Å². The lowest BCUT2D eigenvalue weighted by molar-refractivity contribution is -0.138. The number of nitrogens with one attached hydrogen (secondary N) is 1. The van der Waals surface area contributed by atoms with E-state index in [4.69, 9.17) is 11.6 Å². The predicted octanol–water partition coefficient (Wildman–Crippen LogP) is 3.69. The van der Waals surface area contributed by atoms with Crippen molar-refractivity contribution < 1.29 is 13.2 Å². The highest BCUT2D eigenvalue weighted by molar-refractivity contribution is 6.31. The first-order valence-corrected chi connectivity index (χ1v) is 8.14. The molecule has 0 aliphatic carbocycles. The summed E-state index contributed by atoms with van der Waals surface area (Å²) in [6.07, 6.45) is -4.92. The van der Waals surface area contributed by atoms with Crippen molar-refractivity contribution in [3.63, 3.8) is 0 Å². The zero-order chi connectivity index (χ0) is 17.0. The van der Waals surface area contributed by atoms with Gasteiger partial charge in [0, 0.05) is 63.4 Å². The van der Waals surface area contributed by atoms with Crippen LogP contribution in [0.15, 0.2) is 18.2 Å². The molecule has 1 N–H and O–H groups in total. The maximum Gasteiger partial charge on any atom is 0.389 e. The lowest BCUT2D eigenvalue weighted by Crippen LogP contribution is -2.45. The highest BCUT2D eigenvalue weighted by Crippen LogP contribution is 2.36. The first-order chi connectivity index (χ1) is 10.8. The van der Waals surface area contributed by atoms with E-state index < -0.39 is 12.6 Å². The average molecular weight is 350 g/mol. The summed E-state index contributed by atoms with van der Waals surface area (Å²) in [5, 5.41) is 3.76. The molecule has 1 aliphatic rings. The number of alkyl halides is 3. The molecule has 0 saturated carbocycles. The van der Waals surface area contributed by atoms with Gasteiger partial charge in [-0.3, -0.25) is 4.90 Å². The van der Waals surface area contributed by atoms with Crippen LogP contribution in [0.25, 0.3) is 0 Å². The lowest BCUT2D eigenvalue weighted by Gasteiger charge is -2.36. The van der Waals surface area contributed by atoms with Crippen LogP contribution in [0.4, 0.5) is 18.9 Å². The predicted molar refractivity (Wildman–Crippen MR) is 88.3 cm³/mol. The van der Waals surface area contributed by atoms with E-state index in [1.54, 1.807) is 0 Å². The highest BCUT2D eigenvalue weighted by Gasteiger charge is 2.32. The number of hydrogen-bond donors (Lipinski definition) is 1. The van der Waals surface area contributed by atoms with Gasteiger partial charge in [-0.1, -0.05) is 17.7 Å². The van der Waals surface area contributed by atoms with Crippen molar-refractivity contribution in [2.45, 2.75) is 25.1 Å². The van der Waals surface area contributed by atoms with Gasteiger partial charge in [-0.05, 0) is 24.1 Å². The fourth-order valence-electron chi connectivity index (χ4n) is 2.89. The van der Waals surface area contributed by atoms with Gasteiger partial charge in [0.1, 0.15) is 0 Å². The van der Waals surface area contributed by atoms with Gasteiger partial charge < -0.3 is 10.2 Å². The van der Waals surface area contributed by atoms with Crippen molar-refractivity contribution in [1.82, 2.24) is 10.2 Å². The summed E-state index contributed by atoms with van der Waals surface area (Å²) < 4.78 is 38.1. The minimum atomic E-state index is -4.15. The zero-order valence-corrected chi connectivity index (χ0v) is 14.2. The number of anilines is 1. The molecule has 0 radical (unpaired) electrons. The third kappa shape index (κ3) is 5.26. The zero-order valence-electron chi connectivity index (χ0n) is 13.5. The molecule has 0 amide bonds. The molecule has 0 unspecified atom stereocenters. The molecule has 3 nitrogen and oxygen atoms in total. The van der Waals surface area contributed by atoms with Crippen molar-refractivity contribution in [1.29, 1.82) is 0 Å². The molecule has 0 bridgehead atoms. The molecule has 1 fully saturated rings. The topological polar surface area (TPSA) is 18.5 Å². The molecule has 7 heteroatoms. The maximum atomic E-state index is 12.7. The van der Waals surface area contributed by atoms with Crippen LogP contribution in [0.2, 0.25) is 5.02 Å². The molecule has 1 saturated heterocycles. The normalized spacial score (nSPS) is 18.0. The second kappa shape index (κ2) is 7.73. The molecule has 130 valence electrons. The van der Waals surface area contributed by atoms with E-state index in [2.05, 4.69) is 10.2 Å². The number of nitrogens with zero attached hydrogens (tertiary/aromatic N) is 2. The van der Waals surface area contributed by atoms with Crippen molar-refractivity contribution in [2.24, 2.45) is 0 Å². The smallest absolute Gasteiger partial charge is 0.378 e. The number of halogens is 4. The van der Waals surface area contributed by atoms with Crippen LogP contribution in [0.1, 0.15) is 24.4 Å². The Morgan fingerprint density at radius 2 is 1.91 bits per heavy atom. The monoisotopic (exact) mass is 349 g/mol. The van der Waals surface area contributed by atoms with Gasteiger partial charge in [-0.15, -0.1) is 0 Å². The minimum absolute atomic E-state index is 0.0323. The quantitative estimate of drug-likeness (QED) is 0.874. The number of piperazine rings is 1. The molecule has 1 atom stereocenters. The Labute approximate surface area is 140 Å². The van der Waals surface area contributed by atoms with Gasteiger partial charge in [0.15, 0.2) is 0 Å². The maximum absolute atomic E-state index is 12.7. The van der Waals surface area contributed by atoms with Crippen molar-refractivity contribution in [3.05, 3.63) is 28.8 Å². The van der Waals surface area contributed by atoms with E-state index in [9.17, 15) is 13.2 Å². The van der Waals surface area contributed by atoms with E-state index in [1.165, 1.54) is 0 Å². The first kappa shape index (κ1) is 18.4. The Kier molecular flexibility index (Phi) is 6.17. The van der Waals surface area contributed by atoms with Crippen molar-refractivity contribution in [2.75, 3.05) is 45.2 Å². The largest absolute Gasteiger partial charge is 0.389 e. The highest BCUT2D eigenvalue weighted by atomic mass is 35.5. The number of hydrogen-bond acceptors (Lipinski definition) is 3. The average Bonchev–Trinajstić information content (AvgIpc) is 2.48. The summed E-state index contributed by atoms with van der Waals surface area (Å²) in [5.74, 6) is 0. The summed E-state index contributed by atoms with van der Waals surface area (Å²) in [5.41, 5.74) is 1.72. The van der Waals surface area contributed by atoms with Crippen LogP contribution < -0.4 is 10.2 Å². The Morgan fingerprint density at radius 3 is 2.43 bits per heavy atom. The van der Waals surface area contributed by atoms with Crippen LogP contribution in [-0.4, -0.2) is 51.4 Å². The number of benzene rings is 1. The van der Waals surface area contributed by atoms with E-state index >= 15 is 0 Å². The Hall–Kier alpha value is -0.980. The molecular formula is C16H23ClF3N3. The Balaban J connectivity index is 2.24. The Morgan fingerprint density at radius 1 is 1.26 bits per heavy atom. The van der Waals surface area contributed by atoms with E-state index in [1.807, 2.05) is 37.2 Å². The molecule has 1 aliphatic heterocycles. The number of rotatable bonds is 5.